The van der Waals surface area contributed by atoms with E-state index >= 15 is 0 Å². The number of nitrogens with zero attached hydrogens (tertiary/aromatic N) is 4. The van der Waals surface area contributed by atoms with Crippen LogP contribution in [0.5, 0.6) is 5.75 Å². The summed E-state index contributed by atoms with van der Waals surface area (Å²) in [7, 11) is 0. The molecule has 36 heavy (non-hydrogen) atoms. The van der Waals surface area contributed by atoms with Crippen molar-refractivity contribution in [3.63, 3.8) is 0 Å². The number of imidazole rings is 1. The Hall–Kier alpha value is -4.08. The third-order valence-electron chi connectivity index (χ3n) is 5.73. The molecule has 1 aliphatic carbocycles. The average Bonchev–Trinajstić information content (AvgIpc) is 3.44. The molecule has 1 fully saturated rings. The maximum atomic E-state index is 13.1. The number of carbonyl (C=O) groups is 1. The molecule has 10 heteroatoms. The van der Waals surface area contributed by atoms with Gasteiger partial charge < -0.3 is 14.0 Å². The van der Waals surface area contributed by atoms with Crippen molar-refractivity contribution in [2.24, 2.45) is 0 Å². The van der Waals surface area contributed by atoms with Gasteiger partial charge in [-0.1, -0.05) is 30.3 Å². The summed E-state index contributed by atoms with van der Waals surface area (Å²) < 4.78 is 50.7. The molecule has 7 nitrogen and oxygen atoms in total. The number of rotatable bonds is 8. The van der Waals surface area contributed by atoms with Crippen LogP contribution in [0.15, 0.2) is 67.0 Å². The predicted octanol–water partition coefficient (Wildman–Crippen LogP) is 5.87. The van der Waals surface area contributed by atoms with Gasteiger partial charge >= 0.3 is 12.3 Å². The van der Waals surface area contributed by atoms with E-state index in [9.17, 15) is 18.0 Å². The lowest BCUT2D eigenvalue weighted by Gasteiger charge is -2.12. The Labute approximate surface area is 205 Å². The van der Waals surface area contributed by atoms with Crippen molar-refractivity contribution in [2.75, 3.05) is 6.61 Å². The lowest BCUT2D eigenvalue weighted by atomic mass is 10.2. The molecular weight excluding hydrogens is 473 g/mol. The van der Waals surface area contributed by atoms with E-state index in [1.54, 1.807) is 17.8 Å². The van der Waals surface area contributed by atoms with Gasteiger partial charge in [0.05, 0.1) is 19.3 Å². The first-order valence-electron chi connectivity index (χ1n) is 11.5. The van der Waals surface area contributed by atoms with Gasteiger partial charge in [-0.05, 0) is 49.6 Å². The molecule has 0 atom stereocenters. The Morgan fingerprint density at radius 3 is 2.42 bits per heavy atom. The number of ether oxygens (including phenoxy) is 2. The molecule has 2 aromatic carbocycles. The Kier molecular flexibility index (Phi) is 6.26. The zero-order chi connectivity index (χ0) is 25.3. The first kappa shape index (κ1) is 23.7. The number of hydrogen-bond donors (Lipinski definition) is 0. The maximum absolute atomic E-state index is 13.1. The fraction of sp³-hybridized carbons (Fsp3) is 0.269. The van der Waals surface area contributed by atoms with E-state index in [1.165, 1.54) is 24.3 Å². The molecule has 1 saturated carbocycles. The topological polar surface area (TPSA) is 71.2 Å². The third-order valence-corrected chi connectivity index (χ3v) is 5.73. The average molecular weight is 496 g/mol. The van der Waals surface area contributed by atoms with E-state index < -0.39 is 12.3 Å². The standard InChI is InChI=1S/C26H23F3N4O3/c1-2-35-25(34)23-22(19-14-30-32(16-19)15-17-6-4-3-5-7-17)31-24(33(23)20-10-11-20)18-8-12-21(13-9-18)36-26(27,28)29/h3-9,12-14,16,20H,2,10-11,15H2,1H3. The predicted molar refractivity (Wildman–Crippen MR) is 125 cm³/mol. The number of benzene rings is 2. The van der Waals surface area contributed by atoms with Gasteiger partial charge in [0.1, 0.15) is 17.3 Å². The van der Waals surface area contributed by atoms with Crippen LogP contribution >= 0.6 is 0 Å². The van der Waals surface area contributed by atoms with Crippen LogP contribution in [0.1, 0.15) is 41.9 Å². The zero-order valence-electron chi connectivity index (χ0n) is 19.4. The summed E-state index contributed by atoms with van der Waals surface area (Å²) in [5.41, 5.74) is 3.01. The van der Waals surface area contributed by atoms with Gasteiger partial charge in [-0.3, -0.25) is 4.68 Å². The Bertz CT molecular complexity index is 1360. The number of carbonyl (C=O) groups excluding carboxylic acids is 1. The number of esters is 1. The quantitative estimate of drug-likeness (QED) is 0.285. The van der Waals surface area contributed by atoms with Gasteiger partial charge in [0.25, 0.3) is 0 Å². The highest BCUT2D eigenvalue weighted by molar-refractivity contribution is 5.96. The molecule has 0 spiro atoms. The highest BCUT2D eigenvalue weighted by Gasteiger charge is 2.35. The van der Waals surface area contributed by atoms with E-state index in [2.05, 4.69) is 9.84 Å². The molecule has 2 heterocycles. The van der Waals surface area contributed by atoms with E-state index in [1.807, 2.05) is 41.1 Å². The smallest absolute Gasteiger partial charge is 0.461 e. The minimum absolute atomic E-state index is 0.0473. The van der Waals surface area contributed by atoms with E-state index in [0.717, 1.165) is 18.4 Å². The van der Waals surface area contributed by atoms with E-state index in [0.29, 0.717) is 34.9 Å². The summed E-state index contributed by atoms with van der Waals surface area (Å²) in [5, 5.41) is 4.44. The second-order valence-corrected chi connectivity index (χ2v) is 8.44. The molecule has 0 N–H and O–H groups in total. The number of hydrogen-bond acceptors (Lipinski definition) is 5. The summed E-state index contributed by atoms with van der Waals surface area (Å²) in [4.78, 5) is 17.9. The van der Waals surface area contributed by atoms with Crippen molar-refractivity contribution < 1.29 is 27.4 Å². The van der Waals surface area contributed by atoms with Crippen LogP contribution in [0.3, 0.4) is 0 Å². The fourth-order valence-corrected chi connectivity index (χ4v) is 4.07. The van der Waals surface area contributed by atoms with Crippen LogP contribution in [0, 0.1) is 0 Å². The minimum Gasteiger partial charge on any atom is -0.461 e. The largest absolute Gasteiger partial charge is 0.573 e. The first-order chi connectivity index (χ1) is 17.3. The zero-order valence-corrected chi connectivity index (χ0v) is 19.4. The van der Waals surface area contributed by atoms with Crippen molar-refractivity contribution in [1.82, 2.24) is 19.3 Å². The summed E-state index contributed by atoms with van der Waals surface area (Å²) in [5.74, 6) is -0.361. The summed E-state index contributed by atoms with van der Waals surface area (Å²) in [6.07, 6.45) is 0.405. The molecule has 0 amide bonds. The van der Waals surface area contributed by atoms with Crippen molar-refractivity contribution >= 4 is 5.97 Å². The van der Waals surface area contributed by atoms with Gasteiger partial charge in [-0.25, -0.2) is 9.78 Å². The maximum Gasteiger partial charge on any atom is 0.573 e. The highest BCUT2D eigenvalue weighted by atomic mass is 19.4. The van der Waals surface area contributed by atoms with Gasteiger partial charge in [0.2, 0.25) is 0 Å². The fourth-order valence-electron chi connectivity index (χ4n) is 4.07. The molecule has 0 saturated heterocycles. The molecule has 0 bridgehead atoms. The summed E-state index contributed by atoms with van der Waals surface area (Å²) in [6.45, 7) is 2.47. The number of aromatic nitrogens is 4. The lowest BCUT2D eigenvalue weighted by molar-refractivity contribution is -0.274. The Morgan fingerprint density at radius 1 is 1.06 bits per heavy atom. The van der Waals surface area contributed by atoms with Gasteiger partial charge in [-0.2, -0.15) is 5.10 Å². The van der Waals surface area contributed by atoms with Crippen LogP contribution in [0.2, 0.25) is 0 Å². The van der Waals surface area contributed by atoms with Crippen LogP contribution in [0.4, 0.5) is 13.2 Å². The highest BCUT2D eigenvalue weighted by Crippen LogP contribution is 2.43. The lowest BCUT2D eigenvalue weighted by Crippen LogP contribution is -2.17. The van der Waals surface area contributed by atoms with E-state index in [-0.39, 0.29) is 18.4 Å². The summed E-state index contributed by atoms with van der Waals surface area (Å²) >= 11 is 0. The SMILES string of the molecule is CCOC(=O)c1c(-c2cnn(Cc3ccccc3)c2)nc(-c2ccc(OC(F)(F)F)cc2)n1C1CC1. The molecule has 4 aromatic rings. The Morgan fingerprint density at radius 2 is 1.78 bits per heavy atom. The second kappa shape index (κ2) is 9.52. The van der Waals surface area contributed by atoms with Crippen molar-refractivity contribution in [3.8, 4) is 28.4 Å². The van der Waals surface area contributed by atoms with Crippen molar-refractivity contribution in [1.29, 1.82) is 0 Å². The van der Waals surface area contributed by atoms with Crippen molar-refractivity contribution in [2.45, 2.75) is 38.7 Å². The third kappa shape index (κ3) is 5.12. The van der Waals surface area contributed by atoms with Crippen molar-refractivity contribution in [3.05, 3.63) is 78.2 Å². The van der Waals surface area contributed by atoms with E-state index in [4.69, 9.17) is 9.72 Å². The van der Waals surface area contributed by atoms with Crippen LogP contribution in [0.25, 0.3) is 22.6 Å². The molecule has 5 rings (SSSR count). The van der Waals surface area contributed by atoms with Gasteiger partial charge in [0.15, 0.2) is 5.69 Å². The Balaban J connectivity index is 1.56. The molecule has 2 aromatic heterocycles. The molecule has 0 aliphatic heterocycles. The van der Waals surface area contributed by atoms with Crippen LogP contribution < -0.4 is 4.74 Å². The first-order valence-corrected chi connectivity index (χ1v) is 11.5. The summed E-state index contributed by atoms with van der Waals surface area (Å²) in [6, 6.07) is 15.4. The number of alkyl halides is 3. The van der Waals surface area contributed by atoms with Crippen LogP contribution in [-0.2, 0) is 11.3 Å². The second-order valence-electron chi connectivity index (χ2n) is 8.44. The van der Waals surface area contributed by atoms with Gasteiger partial charge in [0, 0.05) is 23.4 Å². The normalized spacial score (nSPS) is 13.6. The van der Waals surface area contributed by atoms with Gasteiger partial charge in [-0.15, -0.1) is 13.2 Å². The number of halogens is 3. The van der Waals surface area contributed by atoms with Crippen LogP contribution in [-0.4, -0.2) is 38.3 Å². The minimum atomic E-state index is -4.78. The molecule has 0 unspecified atom stereocenters. The molecule has 0 radical (unpaired) electrons. The molecule has 1 aliphatic rings. The molecule has 186 valence electrons. The monoisotopic (exact) mass is 496 g/mol. The molecular formula is C26H23F3N4O3.